The van der Waals surface area contributed by atoms with Gasteiger partial charge in [0.1, 0.15) is 17.9 Å². The average molecular weight is 240 g/mol. The number of benzene rings is 1. The summed E-state index contributed by atoms with van der Waals surface area (Å²) in [6.45, 7) is 4.98. The molecule has 1 rings (SSSR count). The van der Waals surface area contributed by atoms with E-state index in [1.165, 1.54) is 0 Å². The summed E-state index contributed by atoms with van der Waals surface area (Å²) in [6, 6.07) is 7.03. The molecule has 0 saturated heterocycles. The van der Waals surface area contributed by atoms with E-state index >= 15 is 0 Å². The molecule has 1 unspecified atom stereocenters. The second-order valence-corrected chi connectivity index (χ2v) is 3.78. The van der Waals surface area contributed by atoms with Gasteiger partial charge in [0, 0.05) is 11.6 Å². The van der Waals surface area contributed by atoms with Gasteiger partial charge in [0.15, 0.2) is 0 Å². The van der Waals surface area contributed by atoms with Crippen LogP contribution in [0.15, 0.2) is 18.2 Å². The van der Waals surface area contributed by atoms with E-state index in [0.29, 0.717) is 29.5 Å². The van der Waals surface area contributed by atoms with Crippen molar-refractivity contribution in [2.24, 2.45) is 0 Å². The molecule has 0 aromatic heterocycles. The highest BCUT2D eigenvalue weighted by Crippen LogP contribution is 2.23. The molecule has 0 amide bonds. The molecule has 0 bridgehead atoms. The fourth-order valence-corrected chi connectivity index (χ4v) is 1.40. The molecule has 3 nitrogen and oxygen atoms in total. The summed E-state index contributed by atoms with van der Waals surface area (Å²) < 4.78 is 10.8. The quantitative estimate of drug-likeness (QED) is 0.793. The second kappa shape index (κ2) is 6.37. The molecule has 0 aliphatic rings. The molecular formula is C12H14ClNO2. The van der Waals surface area contributed by atoms with Crippen molar-refractivity contribution < 1.29 is 9.47 Å². The minimum atomic E-state index is -0.0896. The standard InChI is InChI=1S/C12H14ClNO2/c1-3-15-8-9(2)16-12-5-4-11(13)6-10(12)7-14/h4-6,9H,3,8H2,1-2H3. The number of hydrogen-bond acceptors (Lipinski definition) is 3. The van der Waals surface area contributed by atoms with Crippen LogP contribution in [0.4, 0.5) is 0 Å². The lowest BCUT2D eigenvalue weighted by atomic mass is 10.2. The molecule has 0 fully saturated rings. The van der Waals surface area contributed by atoms with Gasteiger partial charge in [-0.05, 0) is 32.0 Å². The van der Waals surface area contributed by atoms with E-state index < -0.39 is 0 Å². The first-order valence-corrected chi connectivity index (χ1v) is 5.49. The van der Waals surface area contributed by atoms with Gasteiger partial charge in [-0.2, -0.15) is 5.26 Å². The summed E-state index contributed by atoms with van der Waals surface area (Å²) in [6.07, 6.45) is -0.0896. The molecule has 0 aliphatic heterocycles. The SMILES string of the molecule is CCOCC(C)Oc1ccc(Cl)cc1C#N. The maximum absolute atomic E-state index is 8.91. The van der Waals surface area contributed by atoms with Crippen molar-refractivity contribution in [3.05, 3.63) is 28.8 Å². The molecule has 0 heterocycles. The van der Waals surface area contributed by atoms with Crippen molar-refractivity contribution in [1.82, 2.24) is 0 Å². The van der Waals surface area contributed by atoms with E-state index in [4.69, 9.17) is 26.3 Å². The highest BCUT2D eigenvalue weighted by molar-refractivity contribution is 6.30. The van der Waals surface area contributed by atoms with Gasteiger partial charge in [0.2, 0.25) is 0 Å². The highest BCUT2D eigenvalue weighted by Gasteiger charge is 2.08. The van der Waals surface area contributed by atoms with Gasteiger partial charge in [0.25, 0.3) is 0 Å². The number of rotatable bonds is 5. The Balaban J connectivity index is 2.70. The van der Waals surface area contributed by atoms with Gasteiger partial charge in [0.05, 0.1) is 12.2 Å². The first-order chi connectivity index (χ1) is 7.67. The zero-order valence-electron chi connectivity index (χ0n) is 9.37. The summed E-state index contributed by atoms with van der Waals surface area (Å²) in [5, 5.41) is 9.44. The zero-order chi connectivity index (χ0) is 12.0. The van der Waals surface area contributed by atoms with Gasteiger partial charge in [-0.15, -0.1) is 0 Å². The molecular weight excluding hydrogens is 226 g/mol. The third-order valence-corrected chi connectivity index (χ3v) is 2.18. The van der Waals surface area contributed by atoms with Crippen molar-refractivity contribution >= 4 is 11.6 Å². The van der Waals surface area contributed by atoms with Gasteiger partial charge in [-0.25, -0.2) is 0 Å². The Bertz CT molecular complexity index is 387. The van der Waals surface area contributed by atoms with Crippen molar-refractivity contribution in [3.63, 3.8) is 0 Å². The molecule has 1 atom stereocenters. The van der Waals surface area contributed by atoms with E-state index in [-0.39, 0.29) is 6.10 Å². The predicted molar refractivity (Wildman–Crippen MR) is 62.8 cm³/mol. The molecule has 1 aromatic rings. The molecule has 86 valence electrons. The zero-order valence-corrected chi connectivity index (χ0v) is 10.1. The molecule has 0 saturated carbocycles. The first kappa shape index (κ1) is 12.8. The first-order valence-electron chi connectivity index (χ1n) is 5.11. The lowest BCUT2D eigenvalue weighted by molar-refractivity contribution is 0.0656. The normalized spacial score (nSPS) is 11.9. The third-order valence-electron chi connectivity index (χ3n) is 1.95. The summed E-state index contributed by atoms with van der Waals surface area (Å²) in [4.78, 5) is 0. The fourth-order valence-electron chi connectivity index (χ4n) is 1.23. The molecule has 0 N–H and O–H groups in total. The number of nitrogens with zero attached hydrogens (tertiary/aromatic N) is 1. The second-order valence-electron chi connectivity index (χ2n) is 3.34. The lowest BCUT2D eigenvalue weighted by Gasteiger charge is -2.15. The Morgan fingerprint density at radius 3 is 2.88 bits per heavy atom. The van der Waals surface area contributed by atoms with E-state index in [2.05, 4.69) is 0 Å². The summed E-state index contributed by atoms with van der Waals surface area (Å²) >= 11 is 5.78. The Kier molecular flexibility index (Phi) is 5.10. The lowest BCUT2D eigenvalue weighted by Crippen LogP contribution is -2.19. The Morgan fingerprint density at radius 2 is 2.25 bits per heavy atom. The molecule has 0 aliphatic carbocycles. The number of nitriles is 1. The van der Waals surface area contributed by atoms with Crippen LogP contribution in [0, 0.1) is 11.3 Å². The Hall–Kier alpha value is -1.24. The summed E-state index contributed by atoms with van der Waals surface area (Å²) in [5.41, 5.74) is 0.441. The highest BCUT2D eigenvalue weighted by atomic mass is 35.5. The topological polar surface area (TPSA) is 42.2 Å². The van der Waals surface area contributed by atoms with E-state index in [0.717, 1.165) is 0 Å². The third kappa shape index (κ3) is 3.73. The maximum atomic E-state index is 8.91. The van der Waals surface area contributed by atoms with Crippen LogP contribution in [0.3, 0.4) is 0 Å². The van der Waals surface area contributed by atoms with Crippen molar-refractivity contribution in [2.75, 3.05) is 13.2 Å². The minimum Gasteiger partial charge on any atom is -0.487 e. The Morgan fingerprint density at radius 1 is 1.50 bits per heavy atom. The largest absolute Gasteiger partial charge is 0.487 e. The molecule has 16 heavy (non-hydrogen) atoms. The number of hydrogen-bond donors (Lipinski definition) is 0. The molecule has 4 heteroatoms. The predicted octanol–water partition coefficient (Wildman–Crippen LogP) is 3.02. The maximum Gasteiger partial charge on any atom is 0.137 e. The number of ether oxygens (including phenoxy) is 2. The molecule has 1 aromatic carbocycles. The van der Waals surface area contributed by atoms with Crippen molar-refractivity contribution in [1.29, 1.82) is 5.26 Å². The van der Waals surface area contributed by atoms with Gasteiger partial charge >= 0.3 is 0 Å². The molecule has 0 spiro atoms. The van der Waals surface area contributed by atoms with Crippen molar-refractivity contribution in [3.8, 4) is 11.8 Å². The van der Waals surface area contributed by atoms with Crippen LogP contribution >= 0.6 is 11.6 Å². The van der Waals surface area contributed by atoms with Gasteiger partial charge in [-0.3, -0.25) is 0 Å². The van der Waals surface area contributed by atoms with Crippen LogP contribution in [0.5, 0.6) is 5.75 Å². The summed E-state index contributed by atoms with van der Waals surface area (Å²) in [5.74, 6) is 0.541. The van der Waals surface area contributed by atoms with Gasteiger partial charge < -0.3 is 9.47 Å². The fraction of sp³-hybridized carbons (Fsp3) is 0.417. The molecule has 0 radical (unpaired) electrons. The summed E-state index contributed by atoms with van der Waals surface area (Å²) in [7, 11) is 0. The van der Waals surface area contributed by atoms with Gasteiger partial charge in [-0.1, -0.05) is 11.6 Å². The van der Waals surface area contributed by atoms with Crippen LogP contribution in [0.1, 0.15) is 19.4 Å². The Labute approximate surface area is 101 Å². The van der Waals surface area contributed by atoms with E-state index in [9.17, 15) is 0 Å². The van der Waals surface area contributed by atoms with Crippen LogP contribution in [-0.4, -0.2) is 19.3 Å². The van der Waals surface area contributed by atoms with Crippen LogP contribution in [-0.2, 0) is 4.74 Å². The van der Waals surface area contributed by atoms with Crippen molar-refractivity contribution in [2.45, 2.75) is 20.0 Å². The monoisotopic (exact) mass is 239 g/mol. The smallest absolute Gasteiger partial charge is 0.137 e. The van der Waals surface area contributed by atoms with E-state index in [1.807, 2.05) is 19.9 Å². The van der Waals surface area contributed by atoms with Crippen LogP contribution in [0.25, 0.3) is 0 Å². The van der Waals surface area contributed by atoms with Crippen LogP contribution < -0.4 is 4.74 Å². The number of halogens is 1. The average Bonchev–Trinajstić information content (AvgIpc) is 2.28. The van der Waals surface area contributed by atoms with E-state index in [1.54, 1.807) is 18.2 Å². The minimum absolute atomic E-state index is 0.0896. The van der Waals surface area contributed by atoms with Crippen LogP contribution in [0.2, 0.25) is 5.02 Å².